The fourth-order valence-corrected chi connectivity index (χ4v) is 1.85. The Kier molecular flexibility index (Phi) is 2.94. The molecular weight excluding hydrogens is 249 g/mol. The van der Waals surface area contributed by atoms with Gasteiger partial charge in [0.05, 0.1) is 6.20 Å². The molecule has 0 spiro atoms. The molecule has 0 radical (unpaired) electrons. The number of aryl methyl sites for hydroxylation is 1. The molecule has 0 aliphatic carbocycles. The molecule has 0 saturated carbocycles. The SMILES string of the molecule is Cn1nncc1C(=O)c1cc(Cl)cc(Cl)c1. The number of hydrogen-bond donors (Lipinski definition) is 0. The van der Waals surface area contributed by atoms with E-state index in [9.17, 15) is 4.79 Å². The Labute approximate surface area is 102 Å². The van der Waals surface area contributed by atoms with E-state index in [1.807, 2.05) is 0 Å². The van der Waals surface area contributed by atoms with Gasteiger partial charge in [-0.25, -0.2) is 4.68 Å². The molecule has 0 N–H and O–H groups in total. The lowest BCUT2D eigenvalue weighted by molar-refractivity contribution is 0.103. The molecule has 1 aromatic heterocycles. The second kappa shape index (κ2) is 4.23. The van der Waals surface area contributed by atoms with Crippen molar-refractivity contribution >= 4 is 29.0 Å². The third kappa shape index (κ3) is 2.08. The van der Waals surface area contributed by atoms with Crippen molar-refractivity contribution in [2.24, 2.45) is 7.05 Å². The van der Waals surface area contributed by atoms with Crippen LogP contribution in [0.25, 0.3) is 0 Å². The van der Waals surface area contributed by atoms with Crippen molar-refractivity contribution in [3.8, 4) is 0 Å². The van der Waals surface area contributed by atoms with Gasteiger partial charge in [0, 0.05) is 22.7 Å². The summed E-state index contributed by atoms with van der Waals surface area (Å²) in [5.74, 6) is -0.211. The summed E-state index contributed by atoms with van der Waals surface area (Å²) in [5.41, 5.74) is 0.807. The smallest absolute Gasteiger partial charge is 0.212 e. The zero-order valence-corrected chi connectivity index (χ0v) is 9.83. The molecule has 0 aliphatic heterocycles. The van der Waals surface area contributed by atoms with Crippen molar-refractivity contribution < 1.29 is 4.79 Å². The number of hydrogen-bond acceptors (Lipinski definition) is 3. The molecule has 2 aromatic rings. The summed E-state index contributed by atoms with van der Waals surface area (Å²) in [7, 11) is 1.65. The molecule has 1 aromatic carbocycles. The molecule has 0 saturated heterocycles. The summed E-state index contributed by atoms with van der Waals surface area (Å²) in [6.07, 6.45) is 1.40. The summed E-state index contributed by atoms with van der Waals surface area (Å²) in [6.45, 7) is 0. The molecule has 0 atom stereocenters. The van der Waals surface area contributed by atoms with Crippen LogP contribution in [-0.2, 0) is 7.05 Å². The molecule has 2 rings (SSSR count). The van der Waals surface area contributed by atoms with Gasteiger partial charge in [0.2, 0.25) is 5.78 Å². The van der Waals surface area contributed by atoms with Gasteiger partial charge in [0.1, 0.15) is 5.69 Å². The highest BCUT2D eigenvalue weighted by atomic mass is 35.5. The van der Waals surface area contributed by atoms with Gasteiger partial charge in [-0.3, -0.25) is 4.79 Å². The first-order valence-corrected chi connectivity index (χ1v) is 5.19. The molecule has 0 bridgehead atoms. The second-order valence-corrected chi connectivity index (χ2v) is 4.10. The third-order valence-corrected chi connectivity index (χ3v) is 2.51. The van der Waals surface area contributed by atoms with Crippen LogP contribution in [-0.4, -0.2) is 20.8 Å². The van der Waals surface area contributed by atoms with Crippen LogP contribution in [0.4, 0.5) is 0 Å². The lowest BCUT2D eigenvalue weighted by Crippen LogP contribution is -2.08. The molecule has 16 heavy (non-hydrogen) atoms. The van der Waals surface area contributed by atoms with E-state index < -0.39 is 0 Å². The summed E-state index contributed by atoms with van der Waals surface area (Å²) in [5, 5.41) is 8.17. The number of benzene rings is 1. The van der Waals surface area contributed by atoms with E-state index in [0.29, 0.717) is 21.3 Å². The minimum Gasteiger partial charge on any atom is -0.287 e. The van der Waals surface area contributed by atoms with Gasteiger partial charge in [-0.1, -0.05) is 28.4 Å². The Morgan fingerprint density at radius 2 is 1.88 bits per heavy atom. The Morgan fingerprint density at radius 1 is 1.25 bits per heavy atom. The standard InChI is InChI=1S/C10H7Cl2N3O/c1-15-9(5-13-14-15)10(16)6-2-7(11)4-8(12)3-6/h2-5H,1H3. The van der Waals surface area contributed by atoms with Crippen molar-refractivity contribution in [3.63, 3.8) is 0 Å². The van der Waals surface area contributed by atoms with Gasteiger partial charge in [-0.2, -0.15) is 0 Å². The average molecular weight is 256 g/mol. The predicted molar refractivity (Wildman–Crippen MR) is 60.9 cm³/mol. The third-order valence-electron chi connectivity index (χ3n) is 2.07. The molecule has 0 amide bonds. The van der Waals surface area contributed by atoms with E-state index >= 15 is 0 Å². The number of rotatable bonds is 2. The second-order valence-electron chi connectivity index (χ2n) is 3.23. The summed E-state index contributed by atoms with van der Waals surface area (Å²) in [6, 6.07) is 4.69. The Balaban J connectivity index is 2.45. The fraction of sp³-hybridized carbons (Fsp3) is 0.100. The quantitative estimate of drug-likeness (QED) is 0.775. The van der Waals surface area contributed by atoms with Crippen molar-refractivity contribution in [1.82, 2.24) is 15.0 Å². The van der Waals surface area contributed by atoms with Crippen LogP contribution in [0, 0.1) is 0 Å². The van der Waals surface area contributed by atoms with Crippen molar-refractivity contribution in [2.45, 2.75) is 0 Å². The molecule has 0 fully saturated rings. The predicted octanol–water partition coefficient (Wildman–Crippen LogP) is 2.35. The van der Waals surface area contributed by atoms with E-state index in [1.165, 1.54) is 10.9 Å². The van der Waals surface area contributed by atoms with E-state index in [-0.39, 0.29) is 5.78 Å². The van der Waals surface area contributed by atoms with Crippen molar-refractivity contribution in [1.29, 1.82) is 0 Å². The van der Waals surface area contributed by atoms with Gasteiger partial charge in [0.15, 0.2) is 0 Å². The van der Waals surface area contributed by atoms with E-state index in [4.69, 9.17) is 23.2 Å². The van der Waals surface area contributed by atoms with E-state index in [2.05, 4.69) is 10.3 Å². The summed E-state index contributed by atoms with van der Waals surface area (Å²) >= 11 is 11.6. The minimum absolute atomic E-state index is 0.211. The molecule has 4 nitrogen and oxygen atoms in total. The topological polar surface area (TPSA) is 47.8 Å². The number of carbonyl (C=O) groups excluding carboxylic acids is 1. The highest BCUT2D eigenvalue weighted by Gasteiger charge is 2.14. The van der Waals surface area contributed by atoms with Crippen LogP contribution < -0.4 is 0 Å². The zero-order chi connectivity index (χ0) is 11.7. The fourth-order valence-electron chi connectivity index (χ4n) is 1.33. The van der Waals surface area contributed by atoms with Crippen molar-refractivity contribution in [3.05, 3.63) is 45.7 Å². The number of nitrogens with zero attached hydrogens (tertiary/aromatic N) is 3. The highest BCUT2D eigenvalue weighted by Crippen LogP contribution is 2.20. The first-order chi connectivity index (χ1) is 7.58. The highest BCUT2D eigenvalue weighted by molar-refractivity contribution is 6.35. The average Bonchev–Trinajstić information content (AvgIpc) is 2.62. The maximum absolute atomic E-state index is 12.0. The first-order valence-electron chi connectivity index (χ1n) is 4.43. The van der Waals surface area contributed by atoms with Crippen LogP contribution in [0.5, 0.6) is 0 Å². The van der Waals surface area contributed by atoms with Crippen LogP contribution >= 0.6 is 23.2 Å². The lowest BCUT2D eigenvalue weighted by Gasteiger charge is -2.02. The molecule has 0 unspecified atom stereocenters. The van der Waals surface area contributed by atoms with Gasteiger partial charge < -0.3 is 0 Å². The molecule has 0 aliphatic rings. The van der Waals surface area contributed by atoms with Gasteiger partial charge in [-0.15, -0.1) is 5.10 Å². The van der Waals surface area contributed by atoms with Crippen LogP contribution in [0.1, 0.15) is 16.1 Å². The number of ketones is 1. The van der Waals surface area contributed by atoms with E-state index in [1.54, 1.807) is 25.2 Å². The number of aromatic nitrogens is 3. The zero-order valence-electron chi connectivity index (χ0n) is 8.32. The normalized spacial score (nSPS) is 10.4. The Morgan fingerprint density at radius 3 is 2.38 bits per heavy atom. The molecule has 1 heterocycles. The number of carbonyl (C=O) groups is 1. The van der Waals surface area contributed by atoms with Crippen LogP contribution in [0.15, 0.2) is 24.4 Å². The molecule has 6 heteroatoms. The summed E-state index contributed by atoms with van der Waals surface area (Å²) < 4.78 is 1.40. The lowest BCUT2D eigenvalue weighted by atomic mass is 10.1. The monoisotopic (exact) mass is 255 g/mol. The van der Waals surface area contributed by atoms with Gasteiger partial charge in [-0.05, 0) is 18.2 Å². The van der Waals surface area contributed by atoms with Crippen LogP contribution in [0.2, 0.25) is 10.0 Å². The molecule has 82 valence electrons. The number of halogens is 2. The summed E-state index contributed by atoms with van der Waals surface area (Å²) in [4.78, 5) is 12.0. The maximum atomic E-state index is 12.0. The molecular formula is C10H7Cl2N3O. The minimum atomic E-state index is -0.211. The van der Waals surface area contributed by atoms with Gasteiger partial charge >= 0.3 is 0 Å². The van der Waals surface area contributed by atoms with Crippen molar-refractivity contribution in [2.75, 3.05) is 0 Å². The van der Waals surface area contributed by atoms with Gasteiger partial charge in [0.25, 0.3) is 0 Å². The maximum Gasteiger partial charge on any atom is 0.212 e. The van der Waals surface area contributed by atoms with Crippen LogP contribution in [0.3, 0.4) is 0 Å². The first kappa shape index (κ1) is 11.1. The van der Waals surface area contributed by atoms with E-state index in [0.717, 1.165) is 0 Å². The largest absolute Gasteiger partial charge is 0.287 e. The Hall–Kier alpha value is -1.39. The Bertz CT molecular complexity index is 530.